The first kappa shape index (κ1) is 94.5. The fourth-order valence-corrected chi connectivity index (χ4v) is 10.4. The van der Waals surface area contributed by atoms with Crippen molar-refractivity contribution in [2.24, 2.45) is 0 Å². The van der Waals surface area contributed by atoms with E-state index in [1.165, 1.54) is 0 Å². The maximum Gasteiger partial charge on any atom is 0.326 e. The molecule has 0 fully saturated rings. The fourth-order valence-electron chi connectivity index (χ4n) is 10.4. The number of hydrogen-bond donors (Lipinski definition) is 18. The van der Waals surface area contributed by atoms with E-state index in [1.54, 1.807) is 18.2 Å². The average molecular weight is 1630 g/mol. The number of aliphatic hydroxyl groups is 3. The van der Waals surface area contributed by atoms with E-state index in [4.69, 9.17) is 15.3 Å². The van der Waals surface area contributed by atoms with Crippen LogP contribution in [0.25, 0.3) is 0 Å². The monoisotopic (exact) mass is 1630 g/mol. The predicted molar refractivity (Wildman–Crippen MR) is 477 cm³/mol. The van der Waals surface area contributed by atoms with Gasteiger partial charge in [0.25, 0.3) is 0 Å². The summed E-state index contributed by atoms with van der Waals surface area (Å²) >= 11 is 0. The molecular weight excluding hydrogens is 1520 g/mol. The average Bonchev–Trinajstić information content (AvgIpc) is 0.879. The predicted octanol–water partition coefficient (Wildman–Crippen LogP) is 13.8. The third-order valence-corrected chi connectivity index (χ3v) is 16.0. The number of carbonyl (C=O) groups excluding carboxylic acids is 5. The zero-order chi connectivity index (χ0) is 86.4. The first-order valence-corrected chi connectivity index (χ1v) is 38.9. The number of urea groups is 5. The van der Waals surface area contributed by atoms with Crippen LogP contribution in [0.15, 0.2) is 152 Å². The van der Waals surface area contributed by atoms with Gasteiger partial charge in [-0.1, -0.05) is 77.4 Å². The highest BCUT2D eigenvalue weighted by Gasteiger charge is 2.14. The fraction of sp³-hybridized carbons (Fsp3) is 0.345. The maximum atomic E-state index is 12.1. The van der Waals surface area contributed by atoms with Gasteiger partial charge >= 0.3 is 30.2 Å². The second kappa shape index (κ2) is 51.6. The molecule has 0 aliphatic carbocycles. The van der Waals surface area contributed by atoms with Gasteiger partial charge < -0.3 is 78.3 Å². The van der Waals surface area contributed by atoms with E-state index >= 15 is 0 Å². The van der Waals surface area contributed by atoms with Crippen LogP contribution in [0.1, 0.15) is 88.4 Å². The quantitative estimate of drug-likeness (QED) is 0.0174. The number of carbonyl (C=O) groups is 5. The number of nitrogens with one attached hydrogen (secondary N) is 15. The van der Waals surface area contributed by atoms with E-state index < -0.39 is 18.1 Å². The Bertz CT molecular complexity index is 4680. The molecule has 35 nitrogen and oxygen atoms in total. The third kappa shape index (κ3) is 40.2. The zero-order valence-corrected chi connectivity index (χ0v) is 70.3. The summed E-state index contributed by atoms with van der Waals surface area (Å²) in [4.78, 5) is 107. The minimum Gasteiger partial charge on any atom is -0.396 e. The topological polar surface area (TPSA) is 462 Å². The van der Waals surface area contributed by atoms with Crippen molar-refractivity contribution in [1.82, 2.24) is 59.6 Å². The van der Waals surface area contributed by atoms with Gasteiger partial charge in [-0.05, 0) is 214 Å². The van der Waals surface area contributed by atoms with Crippen LogP contribution in [0.4, 0.5) is 111 Å². The first-order chi connectivity index (χ1) is 57.0. The van der Waals surface area contributed by atoms with Crippen molar-refractivity contribution in [3.8, 4) is 0 Å². The summed E-state index contributed by atoms with van der Waals surface area (Å²) in [6, 6.07) is 44.8. The molecule has 0 bridgehead atoms. The molecule has 5 aromatic carbocycles. The highest BCUT2D eigenvalue weighted by molar-refractivity contribution is 6.01. The van der Waals surface area contributed by atoms with Crippen molar-refractivity contribution in [3.63, 3.8) is 0 Å². The Morgan fingerprint density at radius 3 is 0.689 bits per heavy atom. The summed E-state index contributed by atoms with van der Waals surface area (Å²) in [5, 5.41) is 69.1. The van der Waals surface area contributed by atoms with Gasteiger partial charge in [0.15, 0.2) is 0 Å². The van der Waals surface area contributed by atoms with E-state index in [0.29, 0.717) is 85.0 Å². The molecule has 35 heteroatoms. The molecule has 119 heavy (non-hydrogen) atoms. The van der Waals surface area contributed by atoms with Gasteiger partial charge in [-0.15, -0.1) is 0 Å². The lowest BCUT2D eigenvalue weighted by molar-refractivity contribution is 0.261. The molecule has 0 saturated carbocycles. The van der Waals surface area contributed by atoms with Crippen molar-refractivity contribution >= 4 is 117 Å². The van der Waals surface area contributed by atoms with Gasteiger partial charge in [0.2, 0.25) is 29.7 Å². The highest BCUT2D eigenvalue weighted by atomic mass is 16.3. The molecule has 5 heterocycles. The minimum atomic E-state index is -0.402. The van der Waals surface area contributed by atoms with Crippen molar-refractivity contribution < 1.29 is 39.3 Å². The minimum absolute atomic E-state index is 0.112. The standard InChI is InChI=1S/2C18H26N6O.3C16H21N5O2/c1-13-6-8-15(9-7-13)21-18(25)23-17-20-14(2)12-16(22-17)19-10-5-11-24(3)4;1-13-7-5-8-15(11-13)21-18(25)23-17-20-14(2)12-16(22-17)19-9-6-10-24(3)4;2*1-11-4-6-13(7-5-11)19-16(23)21-15-18-12(2)10-14(20-15)17-8-3-9-22;1-11-5-3-6-13(9-11)19-16(23)21-15-18-12(2)10-14(20-15)17-7-4-8-22/h6-9,12H,5,10-11H2,1-4H3,(H3,19,20,21,22,23,25);5,7-8,11-12H,6,9-10H2,1-4H3,(H3,19,20,21,22,23,25);2*4-7,10,22H,3,8-9H2,1-2H3,(H3,17,18,19,20,21,23);3,5-6,9-10,22H,4,7-8H2,1-2H3,(H3,17,18,19,20,21,23). The summed E-state index contributed by atoms with van der Waals surface area (Å²) in [5.41, 5.74) is 12.8. The van der Waals surface area contributed by atoms with Gasteiger partial charge in [0.05, 0.1) is 0 Å². The number of hydrogen-bond acceptors (Lipinski definition) is 25. The molecular formula is C84H115N27O8. The second-order valence-electron chi connectivity index (χ2n) is 28.0. The normalized spacial score (nSPS) is 10.4. The van der Waals surface area contributed by atoms with E-state index in [2.05, 4.69) is 139 Å². The van der Waals surface area contributed by atoms with Crippen molar-refractivity contribution in [3.05, 3.63) is 208 Å². The third-order valence-electron chi connectivity index (χ3n) is 16.0. The van der Waals surface area contributed by atoms with Crippen molar-refractivity contribution in [1.29, 1.82) is 0 Å². The van der Waals surface area contributed by atoms with Gasteiger partial charge in [-0.2, -0.15) is 24.9 Å². The number of aliphatic hydroxyl groups excluding tert-OH is 3. The number of rotatable bonds is 32. The molecule has 10 rings (SSSR count). The highest BCUT2D eigenvalue weighted by Crippen LogP contribution is 2.20. The Morgan fingerprint density at radius 2 is 0.479 bits per heavy atom. The van der Waals surface area contributed by atoms with Gasteiger partial charge in [-0.25, -0.2) is 48.9 Å². The molecule has 0 spiro atoms. The van der Waals surface area contributed by atoms with Gasteiger partial charge in [0, 0.05) is 140 Å². The lowest BCUT2D eigenvalue weighted by Crippen LogP contribution is -2.21. The van der Waals surface area contributed by atoms with Crippen molar-refractivity contribution in [2.75, 3.05) is 174 Å². The number of nitrogens with zero attached hydrogens (tertiary/aromatic N) is 12. The lowest BCUT2D eigenvalue weighted by Gasteiger charge is -2.12. The van der Waals surface area contributed by atoms with Crippen LogP contribution < -0.4 is 79.8 Å². The Morgan fingerprint density at radius 1 is 0.261 bits per heavy atom. The van der Waals surface area contributed by atoms with E-state index in [1.807, 2.05) is 231 Å². The molecule has 0 aliphatic heterocycles. The smallest absolute Gasteiger partial charge is 0.326 e. The van der Waals surface area contributed by atoms with Crippen LogP contribution in [-0.2, 0) is 0 Å². The Kier molecular flexibility index (Phi) is 41.0. The molecule has 634 valence electrons. The molecule has 5 aromatic heterocycles. The lowest BCUT2D eigenvalue weighted by atomic mass is 10.2. The molecule has 10 amide bonds. The zero-order valence-electron chi connectivity index (χ0n) is 70.3. The van der Waals surface area contributed by atoms with Crippen LogP contribution in [0.3, 0.4) is 0 Å². The summed E-state index contributed by atoms with van der Waals surface area (Å²) < 4.78 is 0. The molecule has 0 unspecified atom stereocenters. The number of amides is 10. The van der Waals surface area contributed by atoms with Gasteiger partial charge in [0.1, 0.15) is 29.1 Å². The van der Waals surface area contributed by atoms with E-state index in [0.717, 1.165) is 107 Å². The number of aryl methyl sites for hydroxylation is 10. The molecule has 18 N–H and O–H groups in total. The second-order valence-corrected chi connectivity index (χ2v) is 28.0. The van der Waals surface area contributed by atoms with Crippen LogP contribution >= 0.6 is 0 Å². The summed E-state index contributed by atoms with van der Waals surface area (Å²) in [5.74, 6) is 4.46. The van der Waals surface area contributed by atoms with Crippen LogP contribution in [0.5, 0.6) is 0 Å². The summed E-state index contributed by atoms with van der Waals surface area (Å²) in [6.07, 6.45) is 3.89. The van der Waals surface area contributed by atoms with Crippen LogP contribution in [-0.4, -0.2) is 199 Å². The van der Waals surface area contributed by atoms with Crippen LogP contribution in [0.2, 0.25) is 0 Å². The molecule has 0 radical (unpaired) electrons. The van der Waals surface area contributed by atoms with Crippen LogP contribution in [0, 0.1) is 69.2 Å². The molecule has 10 aromatic rings. The Balaban J connectivity index is 0.000000231. The first-order valence-electron chi connectivity index (χ1n) is 38.9. The van der Waals surface area contributed by atoms with Crippen molar-refractivity contribution in [2.45, 2.75) is 101 Å². The molecule has 0 saturated heterocycles. The SMILES string of the molecule is Cc1ccc(NC(=O)Nc2nc(C)cc(NCCCN(C)C)n2)cc1.Cc1ccc(NC(=O)Nc2nc(C)cc(NCCCO)n2)cc1.Cc1ccc(NC(=O)Nc2nc(C)cc(NCCCO)n2)cc1.Cc1cccc(NC(=O)Nc2nc(C)cc(NCCCN(C)C)n2)c1.Cc1cccc(NC(=O)Nc2nc(C)cc(NCCCO)n2)c1. The molecule has 0 aliphatic rings. The van der Waals surface area contributed by atoms with Gasteiger partial charge in [-0.3, -0.25) is 26.6 Å². The molecule has 0 atom stereocenters. The van der Waals surface area contributed by atoms with E-state index in [9.17, 15) is 24.0 Å². The number of anilines is 15. The Labute approximate surface area is 696 Å². The number of benzene rings is 5. The number of aromatic nitrogens is 10. The summed E-state index contributed by atoms with van der Waals surface area (Å²) in [6.45, 7) is 24.9. The summed E-state index contributed by atoms with van der Waals surface area (Å²) in [7, 11) is 8.18. The van der Waals surface area contributed by atoms with E-state index in [-0.39, 0.29) is 61.6 Å². The largest absolute Gasteiger partial charge is 0.396 e. The maximum absolute atomic E-state index is 12.1. The Hall–Kier alpha value is -13.4.